The Morgan fingerprint density at radius 2 is 1.91 bits per heavy atom. The molecule has 9 nitrogen and oxygen atoms in total. The second-order valence-electron chi connectivity index (χ2n) is 7.49. The van der Waals surface area contributed by atoms with Crippen molar-refractivity contribution >= 4 is 38.2 Å². The summed E-state index contributed by atoms with van der Waals surface area (Å²) < 4.78 is 30.9. The summed E-state index contributed by atoms with van der Waals surface area (Å²) >= 11 is 0. The number of hydrogen-bond acceptors (Lipinski definition) is 8. The maximum Gasteiger partial charge on any atom is 0.229 e. The van der Waals surface area contributed by atoms with E-state index in [0.29, 0.717) is 24.8 Å². The van der Waals surface area contributed by atoms with Gasteiger partial charge < -0.3 is 15.0 Å². The van der Waals surface area contributed by atoms with Gasteiger partial charge in [0.15, 0.2) is 15.5 Å². The fourth-order valence-electron chi connectivity index (χ4n) is 3.73. The Kier molecular flexibility index (Phi) is 5.14. The van der Waals surface area contributed by atoms with Crippen molar-refractivity contribution in [2.75, 3.05) is 41.9 Å². The van der Waals surface area contributed by atoms with Gasteiger partial charge in [0.1, 0.15) is 11.6 Å². The van der Waals surface area contributed by atoms with Gasteiger partial charge in [-0.15, -0.1) is 0 Å². The molecule has 0 atom stereocenters. The molecule has 1 aromatic carbocycles. The first-order valence-electron chi connectivity index (χ1n) is 10.2. The Bertz CT molecular complexity index is 1360. The molecule has 0 aliphatic carbocycles. The number of sulfone groups is 1. The largest absolute Gasteiger partial charge is 0.494 e. The highest BCUT2D eigenvalue weighted by Gasteiger charge is 2.22. The normalized spacial score (nSPS) is 15.6. The molecule has 1 fully saturated rings. The van der Waals surface area contributed by atoms with Crippen molar-refractivity contribution < 1.29 is 13.2 Å². The first-order chi connectivity index (χ1) is 15.5. The van der Waals surface area contributed by atoms with E-state index in [4.69, 9.17) is 4.74 Å². The smallest absolute Gasteiger partial charge is 0.229 e. The van der Waals surface area contributed by atoms with E-state index in [1.54, 1.807) is 19.5 Å². The number of ether oxygens (including phenoxy) is 1. The zero-order chi connectivity index (χ0) is 22.1. The predicted molar refractivity (Wildman–Crippen MR) is 124 cm³/mol. The van der Waals surface area contributed by atoms with Crippen molar-refractivity contribution in [3.05, 3.63) is 61.1 Å². The lowest BCUT2D eigenvalue weighted by Gasteiger charge is -2.29. The third-order valence-electron chi connectivity index (χ3n) is 5.46. The number of aromatic nitrogens is 4. The second-order valence-corrected chi connectivity index (χ2v) is 9.80. The minimum absolute atomic E-state index is 0.166. The quantitative estimate of drug-likeness (QED) is 0.495. The average Bonchev–Trinajstić information content (AvgIpc) is 3.23. The van der Waals surface area contributed by atoms with Gasteiger partial charge in [0.25, 0.3) is 0 Å². The molecule has 0 unspecified atom stereocenters. The van der Waals surface area contributed by atoms with Crippen molar-refractivity contribution in [1.82, 2.24) is 19.5 Å². The second kappa shape index (κ2) is 8.12. The molecule has 1 aliphatic heterocycles. The SMILES string of the molecule is COc1cc(N2CCS(=O)(=O)CC2)ccc1Nc1ncc2ccn(-c3ccccn3)c2n1. The van der Waals surface area contributed by atoms with Crippen LogP contribution in [0, 0.1) is 0 Å². The molecule has 1 saturated heterocycles. The van der Waals surface area contributed by atoms with Crippen molar-refractivity contribution in [3.63, 3.8) is 0 Å². The van der Waals surface area contributed by atoms with Crippen LogP contribution in [-0.4, -0.2) is 59.6 Å². The van der Waals surface area contributed by atoms with Gasteiger partial charge in [-0.3, -0.25) is 4.57 Å². The molecule has 1 N–H and O–H groups in total. The van der Waals surface area contributed by atoms with Crippen LogP contribution in [0.25, 0.3) is 16.9 Å². The molecule has 164 valence electrons. The molecular formula is C22H22N6O3S. The summed E-state index contributed by atoms with van der Waals surface area (Å²) in [7, 11) is -1.33. The lowest BCUT2D eigenvalue weighted by Crippen LogP contribution is -2.40. The van der Waals surface area contributed by atoms with Crippen LogP contribution in [-0.2, 0) is 9.84 Å². The maximum absolute atomic E-state index is 11.7. The summed E-state index contributed by atoms with van der Waals surface area (Å²) in [4.78, 5) is 15.5. The van der Waals surface area contributed by atoms with Crippen LogP contribution in [0.2, 0.25) is 0 Å². The summed E-state index contributed by atoms with van der Waals surface area (Å²) in [6.07, 6.45) is 5.42. The van der Waals surface area contributed by atoms with E-state index in [2.05, 4.69) is 25.2 Å². The van der Waals surface area contributed by atoms with Gasteiger partial charge in [0.05, 0.1) is 24.3 Å². The third kappa shape index (κ3) is 3.96. The molecule has 0 bridgehead atoms. The Morgan fingerprint density at radius 1 is 1.06 bits per heavy atom. The van der Waals surface area contributed by atoms with E-state index in [1.807, 2.05) is 53.2 Å². The molecule has 32 heavy (non-hydrogen) atoms. The van der Waals surface area contributed by atoms with E-state index in [1.165, 1.54) is 0 Å². The summed E-state index contributed by atoms with van der Waals surface area (Å²) in [6, 6.07) is 13.4. The molecule has 4 heterocycles. The van der Waals surface area contributed by atoms with Crippen molar-refractivity contribution in [3.8, 4) is 11.6 Å². The van der Waals surface area contributed by atoms with Crippen LogP contribution < -0.4 is 15.0 Å². The Hall–Kier alpha value is -3.66. The summed E-state index contributed by atoms with van der Waals surface area (Å²) in [5, 5.41) is 4.14. The van der Waals surface area contributed by atoms with Crippen LogP contribution in [0.3, 0.4) is 0 Å². The van der Waals surface area contributed by atoms with Gasteiger partial charge in [-0.05, 0) is 30.3 Å². The van der Waals surface area contributed by atoms with Crippen LogP contribution in [0.4, 0.5) is 17.3 Å². The monoisotopic (exact) mass is 450 g/mol. The molecule has 3 aromatic heterocycles. The molecule has 0 amide bonds. The minimum Gasteiger partial charge on any atom is -0.494 e. The molecule has 4 aromatic rings. The van der Waals surface area contributed by atoms with E-state index in [-0.39, 0.29) is 11.5 Å². The number of fused-ring (bicyclic) bond motifs is 1. The molecule has 10 heteroatoms. The van der Waals surface area contributed by atoms with Gasteiger partial charge in [-0.1, -0.05) is 6.07 Å². The number of methoxy groups -OCH3 is 1. The topological polar surface area (TPSA) is 102 Å². The Balaban J connectivity index is 1.42. The lowest BCUT2D eigenvalue weighted by molar-refractivity contribution is 0.416. The highest BCUT2D eigenvalue weighted by Crippen LogP contribution is 2.32. The Morgan fingerprint density at radius 3 is 2.66 bits per heavy atom. The van der Waals surface area contributed by atoms with E-state index in [9.17, 15) is 8.42 Å². The number of pyridine rings is 1. The number of hydrogen-bond donors (Lipinski definition) is 1. The first kappa shape index (κ1) is 20.3. The summed E-state index contributed by atoms with van der Waals surface area (Å²) in [6.45, 7) is 0.950. The van der Waals surface area contributed by atoms with Gasteiger partial charge in [0, 0.05) is 48.8 Å². The molecular weight excluding hydrogens is 428 g/mol. The standard InChI is InChI=1S/C22H22N6O3S/c1-31-19-14-17(27-10-12-32(29,30)13-11-27)5-6-18(19)25-22-24-15-16-7-9-28(21(16)26-22)20-4-2-3-8-23-20/h2-9,14-15H,10-13H2,1H3,(H,24,25,26). The molecule has 0 radical (unpaired) electrons. The average molecular weight is 451 g/mol. The zero-order valence-corrected chi connectivity index (χ0v) is 18.3. The van der Waals surface area contributed by atoms with Gasteiger partial charge in [-0.25, -0.2) is 18.4 Å². The highest BCUT2D eigenvalue weighted by atomic mass is 32.2. The highest BCUT2D eigenvalue weighted by molar-refractivity contribution is 7.91. The number of rotatable bonds is 5. The molecule has 1 aliphatic rings. The fraction of sp³-hybridized carbons (Fsp3) is 0.227. The number of benzene rings is 1. The minimum atomic E-state index is -2.93. The zero-order valence-electron chi connectivity index (χ0n) is 17.5. The van der Waals surface area contributed by atoms with E-state index in [0.717, 1.165) is 28.2 Å². The van der Waals surface area contributed by atoms with E-state index < -0.39 is 9.84 Å². The van der Waals surface area contributed by atoms with Crippen LogP contribution in [0.15, 0.2) is 61.1 Å². The number of anilines is 3. The van der Waals surface area contributed by atoms with Crippen LogP contribution >= 0.6 is 0 Å². The van der Waals surface area contributed by atoms with E-state index >= 15 is 0 Å². The van der Waals surface area contributed by atoms with Crippen LogP contribution in [0.1, 0.15) is 0 Å². The van der Waals surface area contributed by atoms with Crippen molar-refractivity contribution in [1.29, 1.82) is 0 Å². The summed E-state index contributed by atoms with van der Waals surface area (Å²) in [5.74, 6) is 2.17. The van der Waals surface area contributed by atoms with Gasteiger partial charge >= 0.3 is 0 Å². The van der Waals surface area contributed by atoms with Gasteiger partial charge in [-0.2, -0.15) is 4.98 Å². The van der Waals surface area contributed by atoms with Gasteiger partial charge in [0.2, 0.25) is 5.95 Å². The summed E-state index contributed by atoms with van der Waals surface area (Å²) in [5.41, 5.74) is 2.38. The number of nitrogens with one attached hydrogen (secondary N) is 1. The lowest BCUT2D eigenvalue weighted by atomic mass is 10.2. The first-order valence-corrected chi connectivity index (χ1v) is 12.0. The van der Waals surface area contributed by atoms with Crippen LogP contribution in [0.5, 0.6) is 5.75 Å². The predicted octanol–water partition coefficient (Wildman–Crippen LogP) is 2.80. The van der Waals surface area contributed by atoms with Crippen molar-refractivity contribution in [2.24, 2.45) is 0 Å². The third-order valence-corrected chi connectivity index (χ3v) is 7.07. The van der Waals surface area contributed by atoms with Crippen molar-refractivity contribution in [2.45, 2.75) is 0 Å². The number of nitrogens with zero attached hydrogens (tertiary/aromatic N) is 5. The molecule has 5 rings (SSSR count). The maximum atomic E-state index is 11.7. The molecule has 0 spiro atoms. The fourth-order valence-corrected chi connectivity index (χ4v) is 4.93. The Labute approximate surface area is 185 Å². The molecule has 0 saturated carbocycles.